The Bertz CT molecular complexity index is 1290. The lowest BCUT2D eigenvalue weighted by atomic mass is 10.0. The summed E-state index contributed by atoms with van der Waals surface area (Å²) in [4.78, 5) is 31.5. The predicted octanol–water partition coefficient (Wildman–Crippen LogP) is 4.87. The van der Waals surface area contributed by atoms with E-state index in [1.165, 1.54) is 0 Å². The molecule has 33 heavy (non-hydrogen) atoms. The first-order chi connectivity index (χ1) is 15.9. The van der Waals surface area contributed by atoms with Crippen LogP contribution in [0.2, 0.25) is 0 Å². The summed E-state index contributed by atoms with van der Waals surface area (Å²) >= 11 is 0. The Kier molecular flexibility index (Phi) is 5.62. The van der Waals surface area contributed by atoms with Gasteiger partial charge in [0.2, 0.25) is 0 Å². The number of hydrogen-bond acceptors (Lipinski definition) is 3. The smallest absolute Gasteiger partial charge is 0.259 e. The third kappa shape index (κ3) is 3.89. The minimum atomic E-state index is -1.53. The molecule has 2 aliphatic heterocycles. The summed E-state index contributed by atoms with van der Waals surface area (Å²) in [5, 5.41) is 0. The molecule has 1 atom stereocenters. The minimum Gasteiger partial charge on any atom is -0.339 e. The molecule has 0 spiro atoms. The fourth-order valence-electron chi connectivity index (χ4n) is 4.60. The van der Waals surface area contributed by atoms with E-state index in [1.54, 1.807) is 47.4 Å². The number of amides is 2. The number of likely N-dealkylation sites (tertiary alicyclic amines) is 1. The zero-order valence-corrected chi connectivity index (χ0v) is 19.7. The number of carbonyl (C=O) groups is 2. The Morgan fingerprint density at radius 3 is 2.48 bits per heavy atom. The summed E-state index contributed by atoms with van der Waals surface area (Å²) in [6, 6.07) is 18.5. The van der Waals surface area contributed by atoms with Crippen LogP contribution >= 0.6 is 0 Å². The number of benzene rings is 3. The van der Waals surface area contributed by atoms with E-state index in [9.17, 15) is 13.8 Å². The number of fused-ring (bicyclic) bond motifs is 2. The van der Waals surface area contributed by atoms with E-state index in [0.717, 1.165) is 42.6 Å². The second-order valence-electron chi connectivity index (χ2n) is 8.77. The van der Waals surface area contributed by atoms with Gasteiger partial charge in [0.05, 0.1) is 38.4 Å². The van der Waals surface area contributed by atoms with Crippen LogP contribution in [0.4, 0.5) is 5.69 Å². The monoisotopic (exact) mass is 458 g/mol. The molecule has 5 rings (SSSR count). The normalized spacial score (nSPS) is 17.5. The molecule has 1 saturated heterocycles. The molecule has 5 nitrogen and oxygen atoms in total. The summed E-state index contributed by atoms with van der Waals surface area (Å²) < 4.78 is 13.6. The standard InChI is InChI=1S/C27H26N2O3S/c1-18-9-10-19(2)21(15-18)17-29-23-16-20(26(30)28-13-5-6-14-28)11-12-25(23)33(32)24-8-4-3-7-22(24)27(29)31/h3-4,7-12,15-16H,5-6,13-14,17H2,1-2H3/t33-/m0/s1. The highest BCUT2D eigenvalue weighted by atomic mass is 32.2. The number of rotatable bonds is 3. The lowest BCUT2D eigenvalue weighted by Gasteiger charge is -2.25. The summed E-state index contributed by atoms with van der Waals surface area (Å²) in [6.45, 7) is 5.89. The second-order valence-corrected chi connectivity index (χ2v) is 10.2. The van der Waals surface area contributed by atoms with Gasteiger partial charge in [-0.25, -0.2) is 4.21 Å². The van der Waals surface area contributed by atoms with E-state index in [-0.39, 0.29) is 11.8 Å². The highest BCUT2D eigenvalue weighted by Gasteiger charge is 2.32. The Labute approximate surface area is 196 Å². The summed E-state index contributed by atoms with van der Waals surface area (Å²) in [7, 11) is -1.53. The molecule has 0 N–H and O–H groups in total. The van der Waals surface area contributed by atoms with Crippen LogP contribution in [0.1, 0.15) is 50.2 Å². The number of anilines is 1. The first kappa shape index (κ1) is 21.6. The van der Waals surface area contributed by atoms with Gasteiger partial charge >= 0.3 is 0 Å². The van der Waals surface area contributed by atoms with Gasteiger partial charge < -0.3 is 9.80 Å². The van der Waals surface area contributed by atoms with Crippen molar-refractivity contribution in [2.45, 2.75) is 43.0 Å². The Balaban J connectivity index is 1.66. The van der Waals surface area contributed by atoms with Crippen molar-refractivity contribution >= 4 is 28.3 Å². The highest BCUT2D eigenvalue weighted by molar-refractivity contribution is 7.85. The summed E-state index contributed by atoms with van der Waals surface area (Å²) in [5.41, 5.74) is 4.72. The van der Waals surface area contributed by atoms with Gasteiger partial charge in [0, 0.05) is 18.7 Å². The molecular formula is C27H26N2O3S. The van der Waals surface area contributed by atoms with E-state index in [4.69, 9.17) is 0 Å². The first-order valence-corrected chi connectivity index (χ1v) is 12.4. The summed E-state index contributed by atoms with van der Waals surface area (Å²) in [6.07, 6.45) is 2.01. The van der Waals surface area contributed by atoms with Crippen molar-refractivity contribution in [3.05, 3.63) is 88.5 Å². The molecule has 0 aliphatic carbocycles. The van der Waals surface area contributed by atoms with Gasteiger partial charge in [-0.1, -0.05) is 35.9 Å². The molecule has 0 saturated carbocycles. The number of carbonyl (C=O) groups excluding carboxylic acids is 2. The third-order valence-corrected chi connectivity index (χ3v) is 7.99. The number of aryl methyl sites for hydroxylation is 2. The van der Waals surface area contributed by atoms with Crippen molar-refractivity contribution in [3.63, 3.8) is 0 Å². The predicted molar refractivity (Wildman–Crippen MR) is 129 cm³/mol. The number of hydrogen-bond donors (Lipinski definition) is 0. The van der Waals surface area contributed by atoms with Crippen molar-refractivity contribution in [3.8, 4) is 0 Å². The van der Waals surface area contributed by atoms with Crippen LogP contribution in [0.5, 0.6) is 0 Å². The van der Waals surface area contributed by atoms with Crippen molar-refractivity contribution in [1.82, 2.24) is 4.90 Å². The average molecular weight is 459 g/mol. The van der Waals surface area contributed by atoms with E-state index >= 15 is 0 Å². The molecule has 0 radical (unpaired) electrons. The highest BCUT2D eigenvalue weighted by Crippen LogP contribution is 2.36. The van der Waals surface area contributed by atoms with Crippen LogP contribution < -0.4 is 4.90 Å². The van der Waals surface area contributed by atoms with Crippen molar-refractivity contribution in [2.75, 3.05) is 18.0 Å². The van der Waals surface area contributed by atoms with E-state index in [2.05, 4.69) is 6.07 Å². The van der Waals surface area contributed by atoms with Gasteiger partial charge in [0.15, 0.2) is 0 Å². The van der Waals surface area contributed by atoms with Crippen LogP contribution in [-0.4, -0.2) is 34.0 Å². The van der Waals surface area contributed by atoms with Gasteiger partial charge in [-0.15, -0.1) is 0 Å². The third-order valence-electron chi connectivity index (χ3n) is 6.49. The van der Waals surface area contributed by atoms with E-state index in [0.29, 0.717) is 33.2 Å². The fourth-order valence-corrected chi connectivity index (χ4v) is 5.94. The van der Waals surface area contributed by atoms with Gasteiger partial charge in [-0.3, -0.25) is 9.59 Å². The van der Waals surface area contributed by atoms with Gasteiger partial charge in [-0.05, 0) is 68.1 Å². The Hall–Kier alpha value is -3.25. The fraction of sp³-hybridized carbons (Fsp3) is 0.259. The lowest BCUT2D eigenvalue weighted by molar-refractivity contribution is 0.0792. The molecule has 3 aromatic rings. The van der Waals surface area contributed by atoms with Crippen LogP contribution in [0.3, 0.4) is 0 Å². The van der Waals surface area contributed by atoms with Gasteiger partial charge in [-0.2, -0.15) is 0 Å². The summed E-state index contributed by atoms with van der Waals surface area (Å²) in [5.74, 6) is -0.244. The van der Waals surface area contributed by atoms with Crippen molar-refractivity contribution in [1.29, 1.82) is 0 Å². The van der Waals surface area contributed by atoms with Crippen LogP contribution in [0, 0.1) is 13.8 Å². The van der Waals surface area contributed by atoms with E-state index in [1.807, 2.05) is 30.9 Å². The minimum absolute atomic E-state index is 0.0398. The topological polar surface area (TPSA) is 57.7 Å². The van der Waals surface area contributed by atoms with E-state index < -0.39 is 10.8 Å². The largest absolute Gasteiger partial charge is 0.339 e. The lowest BCUT2D eigenvalue weighted by Crippen LogP contribution is -2.31. The van der Waals surface area contributed by atoms with Gasteiger partial charge in [0.25, 0.3) is 11.8 Å². The molecular weight excluding hydrogens is 432 g/mol. The molecule has 168 valence electrons. The van der Waals surface area contributed by atoms with Crippen molar-refractivity contribution in [2.24, 2.45) is 0 Å². The molecule has 2 aliphatic rings. The molecule has 3 aromatic carbocycles. The van der Waals surface area contributed by atoms with Crippen LogP contribution in [-0.2, 0) is 17.3 Å². The Morgan fingerprint density at radius 1 is 0.939 bits per heavy atom. The van der Waals surface area contributed by atoms with Crippen molar-refractivity contribution < 1.29 is 13.8 Å². The van der Waals surface area contributed by atoms with Gasteiger partial charge in [0.1, 0.15) is 0 Å². The molecule has 2 amide bonds. The molecule has 0 unspecified atom stereocenters. The molecule has 2 heterocycles. The molecule has 6 heteroatoms. The zero-order valence-electron chi connectivity index (χ0n) is 18.8. The Morgan fingerprint density at radius 2 is 1.70 bits per heavy atom. The maximum atomic E-state index is 13.8. The molecule has 0 bridgehead atoms. The molecule has 0 aromatic heterocycles. The van der Waals surface area contributed by atoms with Crippen LogP contribution in [0.15, 0.2) is 70.5 Å². The van der Waals surface area contributed by atoms with Crippen LogP contribution in [0.25, 0.3) is 0 Å². The maximum Gasteiger partial charge on any atom is 0.259 e. The SMILES string of the molecule is Cc1ccc(C)c(CN2C(=O)c3ccccc3[S@](=O)c3ccc(C(=O)N4CCCC4)cc32)c1. The second kappa shape index (κ2) is 8.60. The molecule has 1 fully saturated rings. The number of nitrogens with zero attached hydrogens (tertiary/aromatic N) is 2. The maximum absolute atomic E-state index is 13.8. The first-order valence-electron chi connectivity index (χ1n) is 11.3. The average Bonchev–Trinajstić information content (AvgIpc) is 3.35. The quantitative estimate of drug-likeness (QED) is 0.563. The zero-order chi connectivity index (χ0) is 23.1.